The van der Waals surface area contributed by atoms with E-state index in [-0.39, 0.29) is 17.8 Å². The molecular formula is C17H22FN5O. The Balaban J connectivity index is 1.73. The lowest BCUT2D eigenvalue weighted by atomic mass is 10.1. The second-order valence-electron chi connectivity index (χ2n) is 6.09. The first-order valence-corrected chi connectivity index (χ1v) is 8.11. The number of hydrogen-bond donors (Lipinski definition) is 2. The van der Waals surface area contributed by atoms with Crippen molar-refractivity contribution in [3.05, 3.63) is 47.4 Å². The molecule has 3 N–H and O–H groups in total. The van der Waals surface area contributed by atoms with Crippen molar-refractivity contribution in [3.8, 4) is 0 Å². The molecule has 1 unspecified atom stereocenters. The zero-order valence-electron chi connectivity index (χ0n) is 13.7. The first-order chi connectivity index (χ1) is 11.6. The van der Waals surface area contributed by atoms with Crippen LogP contribution in [-0.2, 0) is 7.05 Å². The van der Waals surface area contributed by atoms with Crippen LogP contribution in [0.5, 0.6) is 0 Å². The second kappa shape index (κ2) is 7.00. The monoisotopic (exact) mass is 331 g/mol. The first-order valence-electron chi connectivity index (χ1n) is 8.11. The Morgan fingerprint density at radius 2 is 2.00 bits per heavy atom. The Morgan fingerprint density at radius 1 is 1.33 bits per heavy atom. The van der Waals surface area contributed by atoms with Gasteiger partial charge in [-0.2, -0.15) is 5.10 Å². The van der Waals surface area contributed by atoms with Crippen LogP contribution in [0.1, 0.15) is 34.8 Å². The molecule has 2 heterocycles. The predicted octanol–water partition coefficient (Wildman–Crippen LogP) is 1.71. The Hall–Kier alpha value is -2.41. The van der Waals surface area contributed by atoms with Gasteiger partial charge in [-0.15, -0.1) is 0 Å². The number of amides is 1. The molecule has 0 saturated carbocycles. The second-order valence-corrected chi connectivity index (χ2v) is 6.09. The number of anilines is 1. The van der Waals surface area contributed by atoms with E-state index in [2.05, 4.69) is 15.3 Å². The molecule has 6 nitrogen and oxygen atoms in total. The largest absolute Gasteiger partial charge is 0.383 e. The number of nitrogen functional groups attached to an aromatic ring is 1. The number of carbonyl (C=O) groups is 1. The average molecular weight is 331 g/mol. The van der Waals surface area contributed by atoms with E-state index in [9.17, 15) is 9.18 Å². The van der Waals surface area contributed by atoms with Gasteiger partial charge < -0.3 is 11.1 Å². The fraction of sp³-hybridized carbons (Fsp3) is 0.412. The maximum Gasteiger partial charge on any atom is 0.256 e. The van der Waals surface area contributed by atoms with Crippen molar-refractivity contribution >= 4 is 11.7 Å². The molecule has 1 amide bonds. The van der Waals surface area contributed by atoms with Gasteiger partial charge in [0, 0.05) is 13.6 Å². The number of nitrogens with two attached hydrogens (primary N) is 1. The van der Waals surface area contributed by atoms with Gasteiger partial charge in [-0.3, -0.25) is 14.4 Å². The van der Waals surface area contributed by atoms with Gasteiger partial charge in [0.15, 0.2) is 0 Å². The maximum absolute atomic E-state index is 13.2. The van der Waals surface area contributed by atoms with E-state index in [1.807, 2.05) is 0 Å². The van der Waals surface area contributed by atoms with Crippen LogP contribution in [0.3, 0.4) is 0 Å². The van der Waals surface area contributed by atoms with Gasteiger partial charge in [0.2, 0.25) is 0 Å². The zero-order valence-corrected chi connectivity index (χ0v) is 13.7. The minimum absolute atomic E-state index is 0.0231. The smallest absolute Gasteiger partial charge is 0.256 e. The number of aryl methyl sites for hydroxylation is 1. The highest BCUT2D eigenvalue weighted by Crippen LogP contribution is 2.25. The molecule has 128 valence electrons. The number of aromatic nitrogens is 2. The number of hydrogen-bond acceptors (Lipinski definition) is 4. The Bertz CT molecular complexity index is 706. The summed E-state index contributed by atoms with van der Waals surface area (Å²) in [4.78, 5) is 14.7. The minimum atomic E-state index is -0.258. The molecule has 1 fully saturated rings. The molecule has 1 atom stereocenters. The lowest BCUT2D eigenvalue weighted by Gasteiger charge is -2.28. The number of likely N-dealkylation sites (tertiary alicyclic amines) is 1. The first kappa shape index (κ1) is 16.4. The van der Waals surface area contributed by atoms with Crippen LogP contribution in [0.2, 0.25) is 0 Å². The van der Waals surface area contributed by atoms with E-state index in [0.29, 0.717) is 17.9 Å². The maximum atomic E-state index is 13.2. The molecule has 1 aromatic heterocycles. The van der Waals surface area contributed by atoms with E-state index in [1.165, 1.54) is 23.0 Å². The zero-order chi connectivity index (χ0) is 17.1. The molecule has 24 heavy (non-hydrogen) atoms. The summed E-state index contributed by atoms with van der Waals surface area (Å²) in [5, 5.41) is 6.92. The van der Waals surface area contributed by atoms with Crippen molar-refractivity contribution in [3.63, 3.8) is 0 Å². The van der Waals surface area contributed by atoms with Gasteiger partial charge in [-0.1, -0.05) is 12.1 Å². The van der Waals surface area contributed by atoms with Crippen molar-refractivity contribution < 1.29 is 9.18 Å². The fourth-order valence-electron chi connectivity index (χ4n) is 3.10. The molecule has 0 spiro atoms. The van der Waals surface area contributed by atoms with Crippen molar-refractivity contribution in [2.75, 3.05) is 25.4 Å². The van der Waals surface area contributed by atoms with E-state index < -0.39 is 0 Å². The fourth-order valence-corrected chi connectivity index (χ4v) is 3.10. The van der Waals surface area contributed by atoms with Gasteiger partial charge in [0.25, 0.3) is 5.91 Å². The van der Waals surface area contributed by atoms with Crippen LogP contribution in [0.4, 0.5) is 10.2 Å². The Kier molecular flexibility index (Phi) is 4.80. The predicted molar refractivity (Wildman–Crippen MR) is 89.9 cm³/mol. The van der Waals surface area contributed by atoms with Crippen molar-refractivity contribution in [2.45, 2.75) is 18.9 Å². The summed E-state index contributed by atoms with van der Waals surface area (Å²) >= 11 is 0. The van der Waals surface area contributed by atoms with Crippen molar-refractivity contribution in [1.29, 1.82) is 0 Å². The lowest BCUT2D eigenvalue weighted by Crippen LogP contribution is -2.37. The van der Waals surface area contributed by atoms with E-state index in [4.69, 9.17) is 5.73 Å². The number of nitrogens with one attached hydrogen (secondary N) is 1. The molecule has 2 aromatic rings. The number of halogens is 1. The number of carbonyl (C=O) groups excluding carboxylic acids is 1. The van der Waals surface area contributed by atoms with Crippen LogP contribution in [-0.4, -0.2) is 40.2 Å². The van der Waals surface area contributed by atoms with Gasteiger partial charge in [0.05, 0.1) is 12.2 Å². The van der Waals surface area contributed by atoms with E-state index in [1.54, 1.807) is 19.2 Å². The van der Waals surface area contributed by atoms with Gasteiger partial charge in [0.1, 0.15) is 17.2 Å². The minimum Gasteiger partial charge on any atom is -0.383 e. The van der Waals surface area contributed by atoms with Crippen LogP contribution in [0.15, 0.2) is 30.5 Å². The third kappa shape index (κ3) is 3.41. The highest BCUT2D eigenvalue weighted by Gasteiger charge is 2.24. The molecule has 1 saturated heterocycles. The molecule has 0 aliphatic carbocycles. The van der Waals surface area contributed by atoms with Crippen LogP contribution < -0.4 is 11.1 Å². The molecule has 1 aliphatic heterocycles. The molecular weight excluding hydrogens is 309 g/mol. The SMILES string of the molecule is Cn1ncc(C(=O)NCC(c2ccc(F)cc2)N2CCCC2)c1N. The normalized spacial score (nSPS) is 16.2. The molecule has 1 aromatic carbocycles. The Morgan fingerprint density at radius 3 is 2.58 bits per heavy atom. The molecule has 0 bridgehead atoms. The van der Waals surface area contributed by atoms with Gasteiger partial charge in [-0.25, -0.2) is 4.39 Å². The van der Waals surface area contributed by atoms with Crippen molar-refractivity contribution in [2.24, 2.45) is 7.05 Å². The number of rotatable bonds is 5. The Labute approximate surface area is 140 Å². The number of nitrogens with zero attached hydrogens (tertiary/aromatic N) is 3. The average Bonchev–Trinajstić information content (AvgIpc) is 3.21. The molecule has 0 radical (unpaired) electrons. The summed E-state index contributed by atoms with van der Waals surface area (Å²) in [5.74, 6) is -0.162. The summed E-state index contributed by atoms with van der Waals surface area (Å²) in [5.41, 5.74) is 7.22. The van der Waals surface area contributed by atoms with Crippen LogP contribution >= 0.6 is 0 Å². The van der Waals surface area contributed by atoms with E-state index in [0.717, 1.165) is 31.5 Å². The summed E-state index contributed by atoms with van der Waals surface area (Å²) in [6.07, 6.45) is 3.75. The highest BCUT2D eigenvalue weighted by molar-refractivity contribution is 5.98. The summed E-state index contributed by atoms with van der Waals surface area (Å²) < 4.78 is 14.7. The number of benzene rings is 1. The third-order valence-electron chi connectivity index (χ3n) is 4.52. The molecule has 3 rings (SSSR count). The third-order valence-corrected chi connectivity index (χ3v) is 4.52. The van der Waals surface area contributed by atoms with Gasteiger partial charge in [-0.05, 0) is 43.6 Å². The quantitative estimate of drug-likeness (QED) is 0.874. The van der Waals surface area contributed by atoms with Crippen molar-refractivity contribution in [1.82, 2.24) is 20.0 Å². The molecule has 7 heteroatoms. The van der Waals surface area contributed by atoms with Crippen LogP contribution in [0, 0.1) is 5.82 Å². The lowest BCUT2D eigenvalue weighted by molar-refractivity contribution is 0.0938. The summed E-state index contributed by atoms with van der Waals surface area (Å²) in [6.45, 7) is 2.40. The highest BCUT2D eigenvalue weighted by atomic mass is 19.1. The summed E-state index contributed by atoms with van der Waals surface area (Å²) in [7, 11) is 1.69. The van der Waals surface area contributed by atoms with Gasteiger partial charge >= 0.3 is 0 Å². The molecule has 1 aliphatic rings. The van der Waals surface area contributed by atoms with E-state index >= 15 is 0 Å². The standard InChI is InChI=1S/C17H22FN5O/c1-22-16(19)14(10-21-22)17(24)20-11-15(23-8-2-3-9-23)12-4-6-13(18)7-5-12/h4-7,10,15H,2-3,8-9,11,19H2,1H3,(H,20,24). The summed E-state index contributed by atoms with van der Waals surface area (Å²) in [6, 6.07) is 6.50. The topological polar surface area (TPSA) is 76.2 Å². The van der Waals surface area contributed by atoms with Crippen LogP contribution in [0.25, 0.3) is 0 Å².